The second-order valence-electron chi connectivity index (χ2n) is 5.26. The number of carbonyl (C=O) groups is 2. The van der Waals surface area contributed by atoms with Crippen LogP contribution in [-0.4, -0.2) is 35.0 Å². The Hall–Kier alpha value is -1.32. The number of likely N-dealkylation sites (tertiary alicyclic amines) is 1. The van der Waals surface area contributed by atoms with Gasteiger partial charge in [0.05, 0.1) is 5.92 Å². The predicted octanol–water partition coefficient (Wildman–Crippen LogP) is 1.52. The van der Waals surface area contributed by atoms with Crippen molar-refractivity contribution in [1.82, 2.24) is 4.90 Å². The molecule has 1 aliphatic heterocycles. The standard InChI is InChI=1S/C13H19NO3/c1-9-6-11(13(16)17)8-14(7-9)12(15)10-4-2-3-5-10/h2-3,9-11H,4-8H2,1H3,(H,16,17). The second kappa shape index (κ2) is 4.90. The number of hydrogen-bond donors (Lipinski definition) is 1. The highest BCUT2D eigenvalue weighted by atomic mass is 16.4. The van der Waals surface area contributed by atoms with Gasteiger partial charge in [0.15, 0.2) is 0 Å². The van der Waals surface area contributed by atoms with Crippen LogP contribution in [-0.2, 0) is 9.59 Å². The van der Waals surface area contributed by atoms with Crippen LogP contribution >= 0.6 is 0 Å². The van der Waals surface area contributed by atoms with E-state index in [9.17, 15) is 9.59 Å². The van der Waals surface area contributed by atoms with Gasteiger partial charge in [-0.05, 0) is 25.2 Å². The summed E-state index contributed by atoms with van der Waals surface area (Å²) in [5.41, 5.74) is 0. The highest BCUT2D eigenvalue weighted by Gasteiger charge is 2.34. The first-order valence-corrected chi connectivity index (χ1v) is 6.24. The first-order valence-electron chi connectivity index (χ1n) is 6.24. The maximum atomic E-state index is 12.2. The van der Waals surface area contributed by atoms with Gasteiger partial charge in [-0.3, -0.25) is 9.59 Å². The van der Waals surface area contributed by atoms with Crippen molar-refractivity contribution in [2.75, 3.05) is 13.1 Å². The molecule has 0 aromatic rings. The number of carboxylic acids is 1. The number of carbonyl (C=O) groups excluding carboxylic acids is 1. The minimum absolute atomic E-state index is 0.0507. The van der Waals surface area contributed by atoms with E-state index in [1.807, 2.05) is 19.1 Å². The summed E-state index contributed by atoms with van der Waals surface area (Å²) in [5, 5.41) is 9.07. The molecule has 0 saturated carbocycles. The third-order valence-electron chi connectivity index (χ3n) is 3.68. The van der Waals surface area contributed by atoms with Gasteiger partial charge in [-0.25, -0.2) is 0 Å². The average molecular weight is 237 g/mol. The Morgan fingerprint density at radius 3 is 2.41 bits per heavy atom. The van der Waals surface area contributed by atoms with Gasteiger partial charge in [-0.2, -0.15) is 0 Å². The van der Waals surface area contributed by atoms with Gasteiger partial charge >= 0.3 is 5.97 Å². The van der Waals surface area contributed by atoms with Crippen LogP contribution in [0.25, 0.3) is 0 Å². The van der Waals surface area contributed by atoms with E-state index in [2.05, 4.69) is 0 Å². The van der Waals surface area contributed by atoms with Crippen LogP contribution in [0.15, 0.2) is 12.2 Å². The Bertz CT molecular complexity index is 343. The zero-order chi connectivity index (χ0) is 12.4. The maximum Gasteiger partial charge on any atom is 0.308 e. The highest BCUT2D eigenvalue weighted by Crippen LogP contribution is 2.26. The fourth-order valence-corrected chi connectivity index (χ4v) is 2.79. The van der Waals surface area contributed by atoms with Crippen molar-refractivity contribution in [3.05, 3.63) is 12.2 Å². The van der Waals surface area contributed by atoms with Crippen LogP contribution in [0, 0.1) is 17.8 Å². The molecule has 2 atom stereocenters. The van der Waals surface area contributed by atoms with Crippen LogP contribution in [0.3, 0.4) is 0 Å². The van der Waals surface area contributed by atoms with E-state index >= 15 is 0 Å². The van der Waals surface area contributed by atoms with Gasteiger partial charge in [-0.15, -0.1) is 0 Å². The molecule has 17 heavy (non-hydrogen) atoms. The number of carboxylic acid groups (broad SMARTS) is 1. The van der Waals surface area contributed by atoms with Crippen molar-refractivity contribution in [2.45, 2.75) is 26.2 Å². The van der Waals surface area contributed by atoms with E-state index in [0.717, 1.165) is 12.8 Å². The molecule has 4 heteroatoms. The molecule has 4 nitrogen and oxygen atoms in total. The Balaban J connectivity index is 1.99. The fourth-order valence-electron chi connectivity index (χ4n) is 2.79. The van der Waals surface area contributed by atoms with Crippen molar-refractivity contribution >= 4 is 11.9 Å². The topological polar surface area (TPSA) is 57.6 Å². The van der Waals surface area contributed by atoms with E-state index in [0.29, 0.717) is 19.5 Å². The SMILES string of the molecule is CC1CC(C(=O)O)CN(C(=O)C2CC=CC2)C1. The summed E-state index contributed by atoms with van der Waals surface area (Å²) in [6.45, 7) is 3.11. The predicted molar refractivity (Wildman–Crippen MR) is 63.4 cm³/mol. The largest absolute Gasteiger partial charge is 0.481 e. The van der Waals surface area contributed by atoms with Gasteiger partial charge in [0.2, 0.25) is 5.91 Å². The summed E-state index contributed by atoms with van der Waals surface area (Å²) < 4.78 is 0. The first kappa shape index (κ1) is 12.1. The van der Waals surface area contributed by atoms with Crippen molar-refractivity contribution in [3.8, 4) is 0 Å². The molecule has 0 bridgehead atoms. The Kier molecular flexibility index (Phi) is 3.50. The summed E-state index contributed by atoms with van der Waals surface area (Å²) >= 11 is 0. The second-order valence-corrected chi connectivity index (χ2v) is 5.26. The van der Waals surface area contributed by atoms with Gasteiger partial charge in [0.25, 0.3) is 0 Å². The molecule has 1 aliphatic carbocycles. The zero-order valence-corrected chi connectivity index (χ0v) is 10.1. The number of allylic oxidation sites excluding steroid dienone is 2. The molecule has 2 aliphatic rings. The molecule has 1 heterocycles. The number of aliphatic carboxylic acids is 1. The molecule has 1 fully saturated rings. The van der Waals surface area contributed by atoms with Crippen molar-refractivity contribution < 1.29 is 14.7 Å². The molecule has 2 unspecified atom stereocenters. The first-order chi connectivity index (χ1) is 8.08. The molecule has 94 valence electrons. The van der Waals surface area contributed by atoms with E-state index < -0.39 is 11.9 Å². The van der Waals surface area contributed by atoms with Crippen LogP contribution < -0.4 is 0 Å². The highest BCUT2D eigenvalue weighted by molar-refractivity contribution is 5.81. The molecule has 1 amide bonds. The lowest BCUT2D eigenvalue weighted by Gasteiger charge is -2.36. The van der Waals surface area contributed by atoms with Gasteiger partial charge in [-0.1, -0.05) is 19.1 Å². The van der Waals surface area contributed by atoms with Gasteiger partial charge in [0, 0.05) is 19.0 Å². The van der Waals surface area contributed by atoms with E-state index in [1.54, 1.807) is 4.90 Å². The number of hydrogen-bond acceptors (Lipinski definition) is 2. The molecule has 2 rings (SSSR count). The van der Waals surface area contributed by atoms with Crippen molar-refractivity contribution in [1.29, 1.82) is 0 Å². The number of piperidine rings is 1. The monoisotopic (exact) mass is 237 g/mol. The van der Waals surface area contributed by atoms with Gasteiger partial charge in [0.1, 0.15) is 0 Å². The lowest BCUT2D eigenvalue weighted by molar-refractivity contribution is -0.148. The Morgan fingerprint density at radius 2 is 1.82 bits per heavy atom. The zero-order valence-electron chi connectivity index (χ0n) is 10.1. The number of amides is 1. The van der Waals surface area contributed by atoms with Crippen molar-refractivity contribution in [3.63, 3.8) is 0 Å². The van der Waals surface area contributed by atoms with E-state index in [4.69, 9.17) is 5.11 Å². The van der Waals surface area contributed by atoms with Gasteiger partial charge < -0.3 is 10.0 Å². The average Bonchev–Trinajstić information content (AvgIpc) is 2.80. The normalized spacial score (nSPS) is 29.6. The minimum atomic E-state index is -0.779. The molecule has 0 aromatic heterocycles. The maximum absolute atomic E-state index is 12.2. The minimum Gasteiger partial charge on any atom is -0.481 e. The third kappa shape index (κ3) is 2.68. The van der Waals surface area contributed by atoms with Crippen LogP contribution in [0.4, 0.5) is 0 Å². The molecule has 0 spiro atoms. The van der Waals surface area contributed by atoms with E-state index in [-0.39, 0.29) is 17.7 Å². The van der Waals surface area contributed by atoms with Crippen molar-refractivity contribution in [2.24, 2.45) is 17.8 Å². The summed E-state index contributed by atoms with van der Waals surface area (Å²) in [7, 11) is 0. The molecular weight excluding hydrogens is 218 g/mol. The third-order valence-corrected chi connectivity index (χ3v) is 3.68. The number of rotatable bonds is 2. The summed E-state index contributed by atoms with van der Waals surface area (Å²) in [6, 6.07) is 0. The summed E-state index contributed by atoms with van der Waals surface area (Å²) in [6.07, 6.45) is 6.36. The molecular formula is C13H19NO3. The fraction of sp³-hybridized carbons (Fsp3) is 0.692. The lowest BCUT2D eigenvalue weighted by atomic mass is 9.89. The Labute approximate surface area is 101 Å². The van der Waals surface area contributed by atoms with Crippen LogP contribution in [0.1, 0.15) is 26.2 Å². The molecule has 0 radical (unpaired) electrons. The summed E-state index contributed by atoms with van der Waals surface area (Å²) in [4.78, 5) is 25.0. The van der Waals surface area contributed by atoms with Crippen LogP contribution in [0.5, 0.6) is 0 Å². The quantitative estimate of drug-likeness (QED) is 0.741. The van der Waals surface area contributed by atoms with E-state index in [1.165, 1.54) is 0 Å². The Morgan fingerprint density at radius 1 is 1.18 bits per heavy atom. The lowest BCUT2D eigenvalue weighted by Crippen LogP contribution is -2.47. The number of nitrogens with zero attached hydrogens (tertiary/aromatic N) is 1. The smallest absolute Gasteiger partial charge is 0.308 e. The molecule has 0 aromatic carbocycles. The van der Waals surface area contributed by atoms with Crippen LogP contribution in [0.2, 0.25) is 0 Å². The molecule has 1 N–H and O–H groups in total. The summed E-state index contributed by atoms with van der Waals surface area (Å²) in [5.74, 6) is -0.707. The molecule has 1 saturated heterocycles.